The van der Waals surface area contributed by atoms with Crippen LogP contribution < -0.4 is 10.1 Å². The zero-order chi connectivity index (χ0) is 19.9. The molecule has 2 amide bonds. The first kappa shape index (κ1) is 19.7. The highest BCUT2D eigenvalue weighted by molar-refractivity contribution is 5.89. The summed E-state index contributed by atoms with van der Waals surface area (Å²) in [6.07, 6.45) is 2.34. The van der Waals surface area contributed by atoms with E-state index in [1.165, 1.54) is 0 Å². The molecule has 3 aromatic rings. The number of nitrogens with zero attached hydrogens (tertiary/aromatic N) is 2. The van der Waals surface area contributed by atoms with E-state index in [9.17, 15) is 4.79 Å². The predicted octanol–water partition coefficient (Wildman–Crippen LogP) is 4.08. The van der Waals surface area contributed by atoms with Crippen molar-refractivity contribution in [1.82, 2.24) is 9.88 Å². The Balaban J connectivity index is 1.64. The maximum absolute atomic E-state index is 12.6. The molecule has 3 rings (SSSR count). The number of amides is 2. The van der Waals surface area contributed by atoms with Gasteiger partial charge in [0, 0.05) is 37.6 Å². The molecule has 0 radical (unpaired) electrons. The Kier molecular flexibility index (Phi) is 6.49. The first-order valence-corrected chi connectivity index (χ1v) is 9.21. The number of fused-ring (bicyclic) bond motifs is 1. The highest BCUT2D eigenvalue weighted by Gasteiger charge is 2.17. The molecule has 28 heavy (non-hydrogen) atoms. The summed E-state index contributed by atoms with van der Waals surface area (Å²) in [5, 5.41) is 3.89. The van der Waals surface area contributed by atoms with E-state index in [-0.39, 0.29) is 6.03 Å². The molecule has 0 saturated heterocycles. The topological polar surface area (TPSA) is 76.8 Å². The number of furan rings is 1. The van der Waals surface area contributed by atoms with Crippen LogP contribution in [-0.2, 0) is 17.7 Å². The lowest BCUT2D eigenvalue weighted by molar-refractivity contribution is 0.144. The van der Waals surface area contributed by atoms with Gasteiger partial charge in [0.15, 0.2) is 0 Å². The fourth-order valence-corrected chi connectivity index (χ4v) is 2.91. The van der Waals surface area contributed by atoms with Gasteiger partial charge in [0.2, 0.25) is 5.88 Å². The number of ether oxygens (including phenoxy) is 2. The van der Waals surface area contributed by atoms with E-state index < -0.39 is 0 Å². The Morgan fingerprint density at radius 1 is 1.21 bits per heavy atom. The van der Waals surface area contributed by atoms with Crippen LogP contribution in [0, 0.1) is 0 Å². The Hall–Kier alpha value is -3.06. The lowest BCUT2D eigenvalue weighted by Crippen LogP contribution is -2.31. The number of anilines is 1. The molecule has 7 heteroatoms. The molecule has 2 heterocycles. The van der Waals surface area contributed by atoms with Gasteiger partial charge in [0.1, 0.15) is 18.0 Å². The molecule has 0 fully saturated rings. The summed E-state index contributed by atoms with van der Waals surface area (Å²) in [6, 6.07) is 11.1. The van der Waals surface area contributed by atoms with Crippen LogP contribution in [0.4, 0.5) is 10.5 Å². The Morgan fingerprint density at radius 2 is 2.04 bits per heavy atom. The lowest BCUT2D eigenvalue weighted by atomic mass is 10.1. The molecule has 0 saturated carbocycles. The molecular formula is C21H25N3O4. The summed E-state index contributed by atoms with van der Waals surface area (Å²) in [5.74, 6) is 1.39. The van der Waals surface area contributed by atoms with Gasteiger partial charge < -0.3 is 24.1 Å². The monoisotopic (exact) mass is 383 g/mol. The third kappa shape index (κ3) is 4.61. The van der Waals surface area contributed by atoms with Crippen LogP contribution in [0.1, 0.15) is 18.2 Å². The number of pyridine rings is 1. The minimum absolute atomic E-state index is 0.220. The fraction of sp³-hybridized carbons (Fsp3) is 0.333. The van der Waals surface area contributed by atoms with E-state index in [4.69, 9.17) is 13.9 Å². The molecule has 0 aliphatic heterocycles. The number of benzene rings is 1. The molecule has 0 aliphatic carbocycles. The van der Waals surface area contributed by atoms with Crippen molar-refractivity contribution in [3.05, 3.63) is 53.9 Å². The fourth-order valence-electron chi connectivity index (χ4n) is 2.91. The van der Waals surface area contributed by atoms with Crippen molar-refractivity contribution in [1.29, 1.82) is 0 Å². The number of urea groups is 1. The van der Waals surface area contributed by atoms with Gasteiger partial charge in [-0.15, -0.1) is 0 Å². The van der Waals surface area contributed by atoms with Crippen LogP contribution in [0.2, 0.25) is 0 Å². The molecule has 7 nitrogen and oxygen atoms in total. The lowest BCUT2D eigenvalue weighted by Gasteiger charge is -2.18. The number of hydrogen-bond donors (Lipinski definition) is 1. The number of carbonyl (C=O) groups excluding carboxylic acids is 1. The zero-order valence-electron chi connectivity index (χ0n) is 16.4. The zero-order valence-corrected chi connectivity index (χ0v) is 16.4. The van der Waals surface area contributed by atoms with Crippen molar-refractivity contribution < 1.29 is 18.7 Å². The van der Waals surface area contributed by atoms with Crippen molar-refractivity contribution in [2.75, 3.05) is 32.7 Å². The van der Waals surface area contributed by atoms with Gasteiger partial charge in [0.05, 0.1) is 25.0 Å². The van der Waals surface area contributed by atoms with E-state index in [2.05, 4.69) is 10.3 Å². The maximum atomic E-state index is 12.6. The van der Waals surface area contributed by atoms with Crippen LogP contribution in [0.25, 0.3) is 11.0 Å². The second-order valence-corrected chi connectivity index (χ2v) is 6.37. The Labute approximate surface area is 164 Å². The summed E-state index contributed by atoms with van der Waals surface area (Å²) in [6.45, 7) is 3.42. The van der Waals surface area contributed by atoms with Crippen LogP contribution in [0.15, 0.2) is 47.0 Å². The standard InChI is InChI=1S/C21H25N3O4/c1-4-18-17(16-7-5-6-8-19(16)28-18)14-24(2)21(25)23-15-9-10-20(22-13-15)27-12-11-26-3/h5-10,13H,4,11-12,14H2,1-3H3,(H,23,25). The van der Waals surface area contributed by atoms with Crippen molar-refractivity contribution in [3.63, 3.8) is 0 Å². The van der Waals surface area contributed by atoms with E-state index in [0.29, 0.717) is 31.3 Å². The largest absolute Gasteiger partial charge is 0.475 e. The first-order chi connectivity index (χ1) is 13.6. The van der Waals surface area contributed by atoms with Gasteiger partial charge in [-0.2, -0.15) is 0 Å². The average Bonchev–Trinajstić information content (AvgIpc) is 3.07. The third-order valence-corrected chi connectivity index (χ3v) is 4.37. The first-order valence-electron chi connectivity index (χ1n) is 9.21. The number of para-hydroxylation sites is 1. The maximum Gasteiger partial charge on any atom is 0.321 e. The second-order valence-electron chi connectivity index (χ2n) is 6.37. The van der Waals surface area contributed by atoms with Gasteiger partial charge in [-0.25, -0.2) is 9.78 Å². The minimum Gasteiger partial charge on any atom is -0.475 e. The summed E-state index contributed by atoms with van der Waals surface area (Å²) in [4.78, 5) is 18.4. The van der Waals surface area contributed by atoms with Gasteiger partial charge >= 0.3 is 6.03 Å². The molecule has 2 aromatic heterocycles. The molecule has 0 unspecified atom stereocenters. The van der Waals surface area contributed by atoms with E-state index in [0.717, 1.165) is 28.7 Å². The molecule has 1 aromatic carbocycles. The third-order valence-electron chi connectivity index (χ3n) is 4.37. The molecule has 0 bridgehead atoms. The smallest absolute Gasteiger partial charge is 0.321 e. The van der Waals surface area contributed by atoms with Crippen LogP contribution in [0.5, 0.6) is 5.88 Å². The number of aromatic nitrogens is 1. The van der Waals surface area contributed by atoms with Gasteiger partial charge in [-0.1, -0.05) is 25.1 Å². The Bertz CT molecular complexity index is 921. The highest BCUT2D eigenvalue weighted by Crippen LogP contribution is 2.27. The molecular weight excluding hydrogens is 358 g/mol. The number of rotatable bonds is 8. The SMILES string of the molecule is CCc1oc2ccccc2c1CN(C)C(=O)Nc1ccc(OCCOC)nc1. The van der Waals surface area contributed by atoms with E-state index in [1.807, 2.05) is 31.2 Å². The van der Waals surface area contributed by atoms with Gasteiger partial charge in [0.25, 0.3) is 0 Å². The van der Waals surface area contributed by atoms with Crippen LogP contribution in [0.3, 0.4) is 0 Å². The molecule has 0 aliphatic rings. The number of methoxy groups -OCH3 is 1. The number of aryl methyl sites for hydroxylation is 1. The average molecular weight is 383 g/mol. The molecule has 0 spiro atoms. The number of carbonyl (C=O) groups is 1. The van der Waals surface area contributed by atoms with Crippen LogP contribution in [-0.4, -0.2) is 43.3 Å². The van der Waals surface area contributed by atoms with Gasteiger partial charge in [-0.05, 0) is 12.1 Å². The minimum atomic E-state index is -0.220. The summed E-state index contributed by atoms with van der Waals surface area (Å²) < 4.78 is 16.3. The highest BCUT2D eigenvalue weighted by atomic mass is 16.5. The van der Waals surface area contributed by atoms with Crippen molar-refractivity contribution in [3.8, 4) is 5.88 Å². The second kappa shape index (κ2) is 9.23. The van der Waals surface area contributed by atoms with Gasteiger partial charge in [-0.3, -0.25) is 0 Å². The van der Waals surface area contributed by atoms with Crippen molar-refractivity contribution in [2.24, 2.45) is 0 Å². The molecule has 1 N–H and O–H groups in total. The summed E-state index contributed by atoms with van der Waals surface area (Å²) >= 11 is 0. The molecule has 0 atom stereocenters. The Morgan fingerprint density at radius 3 is 2.75 bits per heavy atom. The summed E-state index contributed by atoms with van der Waals surface area (Å²) in [5.41, 5.74) is 2.48. The number of nitrogens with one attached hydrogen (secondary N) is 1. The number of hydrogen-bond acceptors (Lipinski definition) is 5. The van der Waals surface area contributed by atoms with Crippen molar-refractivity contribution >= 4 is 22.7 Å². The summed E-state index contributed by atoms with van der Waals surface area (Å²) in [7, 11) is 3.37. The molecule has 148 valence electrons. The van der Waals surface area contributed by atoms with E-state index >= 15 is 0 Å². The van der Waals surface area contributed by atoms with Crippen LogP contribution >= 0.6 is 0 Å². The van der Waals surface area contributed by atoms with Crippen molar-refractivity contribution in [2.45, 2.75) is 19.9 Å². The quantitative estimate of drug-likeness (QED) is 0.593. The predicted molar refractivity (Wildman–Crippen MR) is 108 cm³/mol. The van der Waals surface area contributed by atoms with E-state index in [1.54, 1.807) is 37.4 Å². The normalized spacial score (nSPS) is 10.8.